The van der Waals surface area contributed by atoms with Crippen molar-refractivity contribution in [3.05, 3.63) is 66.4 Å². The van der Waals surface area contributed by atoms with E-state index in [2.05, 4.69) is 20.6 Å². The number of urea groups is 1. The summed E-state index contributed by atoms with van der Waals surface area (Å²) in [6.45, 7) is 1.68. The molecule has 0 bridgehead atoms. The number of fused-ring (bicyclic) bond motifs is 1. The van der Waals surface area contributed by atoms with E-state index >= 15 is 0 Å². The van der Waals surface area contributed by atoms with Crippen LogP contribution in [0.3, 0.4) is 0 Å². The highest BCUT2D eigenvalue weighted by atomic mass is 32.2. The lowest BCUT2D eigenvalue weighted by Gasteiger charge is -2.13. The van der Waals surface area contributed by atoms with Gasteiger partial charge >= 0.3 is 12.0 Å². The number of amides is 3. The summed E-state index contributed by atoms with van der Waals surface area (Å²) in [6, 6.07) is 16.0. The van der Waals surface area contributed by atoms with E-state index in [4.69, 9.17) is 4.74 Å². The van der Waals surface area contributed by atoms with E-state index in [1.807, 2.05) is 54.6 Å². The molecule has 1 unspecified atom stereocenters. The Labute approximate surface area is 177 Å². The van der Waals surface area contributed by atoms with Crippen LogP contribution in [0.2, 0.25) is 0 Å². The van der Waals surface area contributed by atoms with Crippen molar-refractivity contribution in [1.29, 1.82) is 0 Å². The minimum absolute atomic E-state index is 0.0369. The van der Waals surface area contributed by atoms with Gasteiger partial charge in [-0.1, -0.05) is 54.2 Å². The van der Waals surface area contributed by atoms with E-state index in [-0.39, 0.29) is 12.3 Å². The molecule has 8 nitrogen and oxygen atoms in total. The van der Waals surface area contributed by atoms with Crippen LogP contribution < -0.4 is 10.6 Å². The van der Waals surface area contributed by atoms with E-state index in [0.29, 0.717) is 5.03 Å². The van der Waals surface area contributed by atoms with Crippen LogP contribution in [0, 0.1) is 0 Å². The molecule has 2 aromatic carbocycles. The second-order valence-electron chi connectivity index (χ2n) is 6.28. The van der Waals surface area contributed by atoms with Crippen molar-refractivity contribution >= 4 is 40.7 Å². The number of carbonyl (C=O) groups excluding carboxylic acids is 3. The third-order valence-electron chi connectivity index (χ3n) is 3.97. The standard InChI is InChI=1S/C21H20N4O4S/c1-14(20(27)25-21(28)23-11-15-7-3-2-4-8-15)29-19(26)13-30-18-12-22-16-9-5-6-10-17(16)24-18/h2-10,12,14H,11,13H2,1H3,(H2,23,25,27,28). The molecular weight excluding hydrogens is 404 g/mol. The van der Waals surface area contributed by atoms with Gasteiger partial charge in [-0.2, -0.15) is 0 Å². The Kier molecular flexibility index (Phi) is 7.34. The molecule has 3 aromatic rings. The van der Waals surface area contributed by atoms with Crippen LogP contribution in [0.15, 0.2) is 65.8 Å². The molecule has 0 saturated carbocycles. The minimum atomic E-state index is -1.11. The summed E-state index contributed by atoms with van der Waals surface area (Å²) in [7, 11) is 0. The zero-order valence-corrected chi connectivity index (χ0v) is 17.0. The molecule has 0 spiro atoms. The van der Waals surface area contributed by atoms with Crippen LogP contribution in [0.1, 0.15) is 12.5 Å². The van der Waals surface area contributed by atoms with Gasteiger partial charge < -0.3 is 10.1 Å². The van der Waals surface area contributed by atoms with Crippen molar-refractivity contribution in [2.45, 2.75) is 24.6 Å². The molecule has 1 heterocycles. The zero-order valence-electron chi connectivity index (χ0n) is 16.2. The molecule has 3 amide bonds. The number of ether oxygens (including phenoxy) is 1. The Hall–Kier alpha value is -3.46. The van der Waals surface area contributed by atoms with Gasteiger partial charge in [-0.05, 0) is 24.6 Å². The van der Waals surface area contributed by atoms with Crippen LogP contribution in [-0.2, 0) is 20.9 Å². The number of nitrogens with one attached hydrogen (secondary N) is 2. The van der Waals surface area contributed by atoms with Gasteiger partial charge in [0.25, 0.3) is 5.91 Å². The summed E-state index contributed by atoms with van der Waals surface area (Å²) >= 11 is 1.16. The van der Waals surface area contributed by atoms with Crippen molar-refractivity contribution in [2.75, 3.05) is 5.75 Å². The summed E-state index contributed by atoms with van der Waals surface area (Å²) in [5, 5.41) is 5.29. The van der Waals surface area contributed by atoms with Crippen molar-refractivity contribution in [3.8, 4) is 0 Å². The van der Waals surface area contributed by atoms with Gasteiger partial charge in [0.1, 0.15) is 5.03 Å². The van der Waals surface area contributed by atoms with Gasteiger partial charge in [-0.25, -0.2) is 9.78 Å². The Morgan fingerprint density at radius 1 is 1.03 bits per heavy atom. The minimum Gasteiger partial charge on any atom is -0.452 e. The number of para-hydroxylation sites is 2. The number of hydrogen-bond acceptors (Lipinski definition) is 7. The molecule has 0 aliphatic heterocycles. The van der Waals surface area contributed by atoms with Gasteiger partial charge in [-0.15, -0.1) is 0 Å². The predicted molar refractivity (Wildman–Crippen MR) is 113 cm³/mol. The maximum absolute atomic E-state index is 12.0. The van der Waals surface area contributed by atoms with Crippen molar-refractivity contribution in [2.24, 2.45) is 0 Å². The first kappa shape index (κ1) is 21.3. The average Bonchev–Trinajstić information content (AvgIpc) is 2.76. The number of imide groups is 1. The summed E-state index contributed by atoms with van der Waals surface area (Å²) in [5.41, 5.74) is 2.39. The van der Waals surface area contributed by atoms with Gasteiger partial charge in [-0.3, -0.25) is 19.9 Å². The largest absolute Gasteiger partial charge is 0.452 e. The Bertz CT molecular complexity index is 1050. The Balaban J connectivity index is 1.41. The van der Waals surface area contributed by atoms with Gasteiger partial charge in [0.05, 0.1) is 23.0 Å². The number of rotatable bonds is 7. The highest BCUT2D eigenvalue weighted by Crippen LogP contribution is 2.18. The fraction of sp³-hybridized carbons (Fsp3) is 0.190. The number of aromatic nitrogens is 2. The summed E-state index contributed by atoms with van der Waals surface area (Å²) < 4.78 is 5.09. The first-order valence-electron chi connectivity index (χ1n) is 9.18. The van der Waals surface area contributed by atoms with Crippen molar-refractivity contribution in [3.63, 3.8) is 0 Å². The van der Waals surface area contributed by atoms with E-state index in [9.17, 15) is 14.4 Å². The molecule has 0 fully saturated rings. The molecule has 0 aliphatic rings. The fourth-order valence-electron chi connectivity index (χ4n) is 2.46. The molecule has 9 heteroatoms. The van der Waals surface area contributed by atoms with Crippen LogP contribution in [-0.4, -0.2) is 39.7 Å². The molecular formula is C21H20N4O4S. The summed E-state index contributed by atoms with van der Waals surface area (Å²) in [6.07, 6.45) is 0.469. The summed E-state index contributed by atoms with van der Waals surface area (Å²) in [4.78, 5) is 44.6. The maximum Gasteiger partial charge on any atom is 0.321 e. The number of nitrogens with zero attached hydrogens (tertiary/aromatic N) is 2. The van der Waals surface area contributed by atoms with E-state index in [1.165, 1.54) is 6.92 Å². The first-order valence-corrected chi connectivity index (χ1v) is 10.2. The zero-order chi connectivity index (χ0) is 21.3. The molecule has 0 saturated heterocycles. The first-order chi connectivity index (χ1) is 14.5. The maximum atomic E-state index is 12.0. The lowest BCUT2D eigenvalue weighted by molar-refractivity contribution is -0.151. The third kappa shape index (κ3) is 6.28. The van der Waals surface area contributed by atoms with E-state index in [1.54, 1.807) is 6.20 Å². The lowest BCUT2D eigenvalue weighted by atomic mass is 10.2. The topological polar surface area (TPSA) is 110 Å². The second kappa shape index (κ2) is 10.4. The summed E-state index contributed by atoms with van der Waals surface area (Å²) in [5.74, 6) is -1.34. The predicted octanol–water partition coefficient (Wildman–Crippen LogP) is 2.68. The van der Waals surface area contributed by atoms with Crippen LogP contribution in [0.4, 0.5) is 4.79 Å². The molecule has 1 aromatic heterocycles. The Morgan fingerprint density at radius 2 is 1.73 bits per heavy atom. The number of carbonyl (C=O) groups is 3. The highest BCUT2D eigenvalue weighted by molar-refractivity contribution is 7.99. The monoisotopic (exact) mass is 424 g/mol. The smallest absolute Gasteiger partial charge is 0.321 e. The van der Waals surface area contributed by atoms with E-state index in [0.717, 1.165) is 28.4 Å². The van der Waals surface area contributed by atoms with Crippen LogP contribution in [0.5, 0.6) is 0 Å². The lowest BCUT2D eigenvalue weighted by Crippen LogP contribution is -2.44. The molecule has 154 valence electrons. The van der Waals surface area contributed by atoms with Crippen LogP contribution in [0.25, 0.3) is 11.0 Å². The molecule has 2 N–H and O–H groups in total. The number of benzene rings is 2. The molecule has 0 radical (unpaired) electrons. The quantitative estimate of drug-likeness (QED) is 0.443. The SMILES string of the molecule is CC(OC(=O)CSc1cnc2ccccc2n1)C(=O)NC(=O)NCc1ccccc1. The highest BCUT2D eigenvalue weighted by Gasteiger charge is 2.20. The number of hydrogen-bond donors (Lipinski definition) is 2. The van der Waals surface area contributed by atoms with E-state index < -0.39 is 24.0 Å². The number of thioether (sulfide) groups is 1. The normalized spacial score (nSPS) is 11.5. The van der Waals surface area contributed by atoms with Crippen molar-refractivity contribution in [1.82, 2.24) is 20.6 Å². The average molecular weight is 424 g/mol. The van der Waals surface area contributed by atoms with Gasteiger partial charge in [0.15, 0.2) is 6.10 Å². The Morgan fingerprint density at radius 3 is 2.50 bits per heavy atom. The molecule has 1 atom stereocenters. The van der Waals surface area contributed by atoms with Crippen LogP contribution >= 0.6 is 11.8 Å². The molecule has 30 heavy (non-hydrogen) atoms. The van der Waals surface area contributed by atoms with Crippen molar-refractivity contribution < 1.29 is 19.1 Å². The molecule has 0 aliphatic carbocycles. The molecule has 3 rings (SSSR count). The fourth-order valence-corrected chi connectivity index (χ4v) is 3.09. The second-order valence-corrected chi connectivity index (χ2v) is 7.27. The van der Waals surface area contributed by atoms with Gasteiger partial charge in [0, 0.05) is 6.54 Å². The number of esters is 1. The third-order valence-corrected chi connectivity index (χ3v) is 4.85. The van der Waals surface area contributed by atoms with Gasteiger partial charge in [0.2, 0.25) is 0 Å².